The minimum Gasteiger partial charge on any atom is -0.483 e. The van der Waals surface area contributed by atoms with Crippen LogP contribution in [0.15, 0.2) is 18.2 Å². The Bertz CT molecular complexity index is 459. The number of carbonyl (C=O) groups is 1. The Balaban J connectivity index is 0.00000220. The monoisotopic (exact) mass is 312 g/mol. The Morgan fingerprint density at radius 3 is 2.67 bits per heavy atom. The van der Waals surface area contributed by atoms with E-state index in [1.807, 2.05) is 44.0 Å². The molecule has 1 atom stereocenters. The third kappa shape index (κ3) is 4.61. The normalized spacial score (nSPS) is 17.5. The van der Waals surface area contributed by atoms with Crippen LogP contribution in [0.25, 0.3) is 0 Å². The van der Waals surface area contributed by atoms with Crippen molar-refractivity contribution < 1.29 is 9.53 Å². The number of carbonyl (C=O) groups excluding carboxylic acids is 1. The van der Waals surface area contributed by atoms with Crippen LogP contribution in [-0.2, 0) is 4.79 Å². The second-order valence-corrected chi connectivity index (χ2v) is 5.56. The van der Waals surface area contributed by atoms with E-state index in [0.717, 1.165) is 42.9 Å². The van der Waals surface area contributed by atoms with Gasteiger partial charge < -0.3 is 15.0 Å². The van der Waals surface area contributed by atoms with Crippen molar-refractivity contribution in [2.24, 2.45) is 5.92 Å². The van der Waals surface area contributed by atoms with Crippen LogP contribution in [0.1, 0.15) is 17.5 Å². The van der Waals surface area contributed by atoms with Gasteiger partial charge in [-0.1, -0.05) is 18.2 Å². The Morgan fingerprint density at radius 1 is 1.38 bits per heavy atom. The number of amides is 1. The van der Waals surface area contributed by atoms with E-state index in [2.05, 4.69) is 5.32 Å². The number of benzene rings is 1. The molecule has 0 radical (unpaired) electrons. The van der Waals surface area contributed by atoms with Gasteiger partial charge in [-0.2, -0.15) is 0 Å². The molecule has 0 saturated carbocycles. The number of ether oxygens (including phenoxy) is 1. The molecule has 2 rings (SSSR count). The number of nitrogens with one attached hydrogen (secondary N) is 1. The second-order valence-electron chi connectivity index (χ2n) is 5.56. The SMILES string of the molecule is CNCC1CCN(C(=O)COc2c(C)cccc2C)C1.Cl. The lowest BCUT2D eigenvalue weighted by atomic mass is 10.1. The predicted molar refractivity (Wildman–Crippen MR) is 87.3 cm³/mol. The first-order valence-corrected chi connectivity index (χ1v) is 7.23. The van der Waals surface area contributed by atoms with Gasteiger partial charge in [-0.25, -0.2) is 0 Å². The van der Waals surface area contributed by atoms with Crippen molar-refractivity contribution in [2.45, 2.75) is 20.3 Å². The van der Waals surface area contributed by atoms with Gasteiger partial charge in [0.1, 0.15) is 5.75 Å². The molecular formula is C16H25ClN2O2. The summed E-state index contributed by atoms with van der Waals surface area (Å²) in [6, 6.07) is 6.01. The van der Waals surface area contributed by atoms with E-state index in [1.54, 1.807) is 0 Å². The van der Waals surface area contributed by atoms with Crippen molar-refractivity contribution in [3.8, 4) is 5.75 Å². The molecule has 1 aromatic carbocycles. The average Bonchev–Trinajstić information content (AvgIpc) is 2.87. The molecule has 1 heterocycles. The smallest absolute Gasteiger partial charge is 0.260 e. The van der Waals surface area contributed by atoms with Crippen LogP contribution < -0.4 is 10.1 Å². The van der Waals surface area contributed by atoms with E-state index in [9.17, 15) is 4.79 Å². The van der Waals surface area contributed by atoms with E-state index in [4.69, 9.17) is 4.74 Å². The highest BCUT2D eigenvalue weighted by atomic mass is 35.5. The third-order valence-electron chi connectivity index (χ3n) is 3.88. The molecule has 1 fully saturated rings. The Hall–Kier alpha value is -1.26. The van der Waals surface area contributed by atoms with Crippen LogP contribution in [-0.4, -0.2) is 44.1 Å². The second kappa shape index (κ2) is 8.25. The molecule has 1 amide bonds. The van der Waals surface area contributed by atoms with Gasteiger partial charge in [-0.3, -0.25) is 4.79 Å². The molecule has 1 saturated heterocycles. The first-order valence-electron chi connectivity index (χ1n) is 7.23. The third-order valence-corrected chi connectivity index (χ3v) is 3.88. The first-order chi connectivity index (χ1) is 9.61. The summed E-state index contributed by atoms with van der Waals surface area (Å²) in [7, 11) is 1.95. The number of halogens is 1. The van der Waals surface area contributed by atoms with Crippen LogP contribution in [0.2, 0.25) is 0 Å². The molecule has 1 aliphatic heterocycles. The summed E-state index contributed by atoms with van der Waals surface area (Å²) < 4.78 is 5.73. The highest BCUT2D eigenvalue weighted by molar-refractivity contribution is 5.85. The molecule has 21 heavy (non-hydrogen) atoms. The molecule has 1 N–H and O–H groups in total. The molecular weight excluding hydrogens is 288 g/mol. The zero-order chi connectivity index (χ0) is 14.5. The number of likely N-dealkylation sites (tertiary alicyclic amines) is 1. The van der Waals surface area contributed by atoms with Gasteiger partial charge in [-0.05, 0) is 50.9 Å². The fourth-order valence-electron chi connectivity index (χ4n) is 2.77. The van der Waals surface area contributed by atoms with Gasteiger partial charge in [0.05, 0.1) is 0 Å². The Morgan fingerprint density at radius 2 is 2.05 bits per heavy atom. The van der Waals surface area contributed by atoms with E-state index in [1.165, 1.54) is 0 Å². The van der Waals surface area contributed by atoms with Crippen molar-refractivity contribution >= 4 is 18.3 Å². The molecule has 1 aliphatic rings. The number of aryl methyl sites for hydroxylation is 2. The molecule has 0 bridgehead atoms. The van der Waals surface area contributed by atoms with Gasteiger partial charge >= 0.3 is 0 Å². The van der Waals surface area contributed by atoms with Gasteiger partial charge in [0, 0.05) is 13.1 Å². The summed E-state index contributed by atoms with van der Waals surface area (Å²) in [6.45, 7) is 6.81. The van der Waals surface area contributed by atoms with Crippen LogP contribution in [0, 0.1) is 19.8 Å². The van der Waals surface area contributed by atoms with Crippen molar-refractivity contribution in [1.82, 2.24) is 10.2 Å². The number of para-hydroxylation sites is 1. The predicted octanol–water partition coefficient (Wildman–Crippen LogP) is 2.17. The zero-order valence-electron chi connectivity index (χ0n) is 13.0. The maximum atomic E-state index is 12.2. The van der Waals surface area contributed by atoms with Gasteiger partial charge in [0.2, 0.25) is 0 Å². The van der Waals surface area contributed by atoms with E-state index in [-0.39, 0.29) is 24.9 Å². The minimum absolute atomic E-state index is 0. The lowest BCUT2D eigenvalue weighted by molar-refractivity contribution is -0.132. The molecule has 118 valence electrons. The quantitative estimate of drug-likeness (QED) is 0.906. The lowest BCUT2D eigenvalue weighted by Gasteiger charge is -2.18. The van der Waals surface area contributed by atoms with Crippen molar-refractivity contribution in [3.63, 3.8) is 0 Å². The summed E-state index contributed by atoms with van der Waals surface area (Å²) >= 11 is 0. The van der Waals surface area contributed by atoms with Crippen LogP contribution >= 0.6 is 12.4 Å². The fourth-order valence-corrected chi connectivity index (χ4v) is 2.77. The van der Waals surface area contributed by atoms with Gasteiger partial charge in [0.15, 0.2) is 6.61 Å². The van der Waals surface area contributed by atoms with Gasteiger partial charge in [0.25, 0.3) is 5.91 Å². The zero-order valence-corrected chi connectivity index (χ0v) is 13.8. The fraction of sp³-hybridized carbons (Fsp3) is 0.562. The van der Waals surface area contributed by atoms with Crippen LogP contribution in [0.5, 0.6) is 5.75 Å². The minimum atomic E-state index is 0. The topological polar surface area (TPSA) is 41.6 Å². The largest absolute Gasteiger partial charge is 0.483 e. The molecule has 0 spiro atoms. The summed E-state index contributed by atoms with van der Waals surface area (Å²) in [4.78, 5) is 14.1. The number of rotatable bonds is 5. The van der Waals surface area contributed by atoms with Crippen molar-refractivity contribution in [1.29, 1.82) is 0 Å². The molecule has 4 nitrogen and oxygen atoms in total. The standard InChI is InChI=1S/C16H24N2O2.ClH/c1-12-5-4-6-13(2)16(12)20-11-15(19)18-8-7-14(10-18)9-17-3;/h4-6,14,17H,7-11H2,1-3H3;1H. The summed E-state index contributed by atoms with van der Waals surface area (Å²) in [5, 5.41) is 3.17. The van der Waals surface area contributed by atoms with E-state index >= 15 is 0 Å². The summed E-state index contributed by atoms with van der Waals surface area (Å²) in [5.41, 5.74) is 2.15. The summed E-state index contributed by atoms with van der Waals surface area (Å²) in [6.07, 6.45) is 1.08. The summed E-state index contributed by atoms with van der Waals surface area (Å²) in [5.74, 6) is 1.50. The Kier molecular flexibility index (Phi) is 6.99. The van der Waals surface area contributed by atoms with Crippen molar-refractivity contribution in [3.05, 3.63) is 29.3 Å². The molecule has 5 heteroatoms. The molecule has 0 aromatic heterocycles. The first kappa shape index (κ1) is 17.8. The molecule has 0 aliphatic carbocycles. The highest BCUT2D eigenvalue weighted by Crippen LogP contribution is 2.22. The van der Waals surface area contributed by atoms with Crippen LogP contribution in [0.4, 0.5) is 0 Å². The Labute approximate surface area is 133 Å². The molecule has 1 unspecified atom stereocenters. The number of hydrogen-bond acceptors (Lipinski definition) is 3. The average molecular weight is 313 g/mol. The van der Waals surface area contributed by atoms with Gasteiger partial charge in [-0.15, -0.1) is 12.4 Å². The number of nitrogens with zero attached hydrogens (tertiary/aromatic N) is 1. The molecule has 1 aromatic rings. The van der Waals surface area contributed by atoms with Crippen LogP contribution in [0.3, 0.4) is 0 Å². The van der Waals surface area contributed by atoms with Crippen molar-refractivity contribution in [2.75, 3.05) is 33.3 Å². The maximum absolute atomic E-state index is 12.2. The maximum Gasteiger partial charge on any atom is 0.260 e. The number of hydrogen-bond donors (Lipinski definition) is 1. The van der Waals surface area contributed by atoms with E-state index in [0.29, 0.717) is 5.92 Å². The lowest BCUT2D eigenvalue weighted by Crippen LogP contribution is -2.34. The highest BCUT2D eigenvalue weighted by Gasteiger charge is 2.25. The van der Waals surface area contributed by atoms with E-state index < -0.39 is 0 Å².